The highest BCUT2D eigenvalue weighted by Crippen LogP contribution is 2.27. The summed E-state index contributed by atoms with van der Waals surface area (Å²) in [5.41, 5.74) is 1.95. The van der Waals surface area contributed by atoms with Crippen molar-refractivity contribution in [1.82, 2.24) is 14.9 Å². The minimum Gasteiger partial charge on any atom is -0.352 e. The number of piperazine rings is 1. The number of fused-ring (bicyclic) bond motifs is 1. The second kappa shape index (κ2) is 6.87. The van der Waals surface area contributed by atoms with Gasteiger partial charge in [-0.2, -0.15) is 0 Å². The largest absolute Gasteiger partial charge is 0.352 e. The zero-order valence-electron chi connectivity index (χ0n) is 13.8. The van der Waals surface area contributed by atoms with Gasteiger partial charge in [-0.15, -0.1) is 11.3 Å². The van der Waals surface area contributed by atoms with Gasteiger partial charge >= 0.3 is 0 Å². The number of hydrogen-bond acceptors (Lipinski definition) is 5. The van der Waals surface area contributed by atoms with E-state index in [1.165, 1.54) is 0 Å². The second-order valence-electron chi connectivity index (χ2n) is 6.05. The topological polar surface area (TPSA) is 49.3 Å². The van der Waals surface area contributed by atoms with E-state index in [0.29, 0.717) is 13.1 Å². The summed E-state index contributed by atoms with van der Waals surface area (Å²) < 4.78 is 1.04. The van der Waals surface area contributed by atoms with Crippen molar-refractivity contribution in [2.24, 2.45) is 0 Å². The molecular weight excluding hydrogens is 447 g/mol. The molecule has 2 aromatic heterocycles. The molecule has 0 N–H and O–H groups in total. The predicted molar refractivity (Wildman–Crippen MR) is 109 cm³/mol. The molecule has 3 aromatic rings. The van der Waals surface area contributed by atoms with Crippen LogP contribution >= 0.6 is 33.9 Å². The van der Waals surface area contributed by atoms with Crippen LogP contribution in [0.1, 0.15) is 15.9 Å². The minimum atomic E-state index is 0.121. The molecule has 128 valence electrons. The number of aromatic nitrogens is 2. The molecule has 7 heteroatoms. The number of hydrogen-bond donors (Lipinski definition) is 0. The van der Waals surface area contributed by atoms with Crippen LogP contribution in [0.3, 0.4) is 0 Å². The van der Waals surface area contributed by atoms with E-state index in [2.05, 4.69) is 43.5 Å². The van der Waals surface area contributed by atoms with Crippen molar-refractivity contribution in [3.8, 4) is 0 Å². The Hall–Kier alpha value is -1.74. The first-order valence-corrected chi connectivity index (χ1v) is 10.1. The third-order valence-corrected chi connectivity index (χ3v) is 6.78. The van der Waals surface area contributed by atoms with Crippen molar-refractivity contribution in [2.45, 2.75) is 6.92 Å². The lowest BCUT2D eigenvalue weighted by Gasteiger charge is -2.35. The van der Waals surface area contributed by atoms with Crippen LogP contribution in [-0.4, -0.2) is 47.0 Å². The lowest BCUT2D eigenvalue weighted by molar-refractivity contribution is 0.0745. The van der Waals surface area contributed by atoms with Gasteiger partial charge in [-0.3, -0.25) is 4.79 Å². The van der Waals surface area contributed by atoms with Crippen molar-refractivity contribution in [3.63, 3.8) is 0 Å². The van der Waals surface area contributed by atoms with Crippen LogP contribution in [0.15, 0.2) is 36.0 Å². The van der Waals surface area contributed by atoms with E-state index in [0.717, 1.165) is 43.8 Å². The molecule has 1 saturated heterocycles. The zero-order chi connectivity index (χ0) is 17.4. The Kier molecular flexibility index (Phi) is 4.60. The van der Waals surface area contributed by atoms with Crippen LogP contribution in [-0.2, 0) is 0 Å². The molecule has 1 aromatic carbocycles. The highest BCUT2D eigenvalue weighted by Gasteiger charge is 2.25. The Bertz CT molecular complexity index is 934. The van der Waals surface area contributed by atoms with Crippen molar-refractivity contribution < 1.29 is 4.79 Å². The first-order valence-electron chi connectivity index (χ1n) is 8.12. The van der Waals surface area contributed by atoms with Gasteiger partial charge in [0.25, 0.3) is 5.91 Å². The van der Waals surface area contributed by atoms with Gasteiger partial charge < -0.3 is 9.80 Å². The monoisotopic (exact) mass is 464 g/mol. The summed E-state index contributed by atoms with van der Waals surface area (Å²) in [7, 11) is 0. The molecule has 1 fully saturated rings. The summed E-state index contributed by atoms with van der Waals surface area (Å²) in [6, 6.07) is 7.98. The molecule has 0 radical (unpaired) electrons. The summed E-state index contributed by atoms with van der Waals surface area (Å²) in [4.78, 5) is 26.9. The number of carbonyl (C=O) groups is 1. The minimum absolute atomic E-state index is 0.121. The van der Waals surface area contributed by atoms with Gasteiger partial charge in [0.1, 0.15) is 17.0 Å². The number of carbonyl (C=O) groups excluding carboxylic acids is 1. The Morgan fingerprint density at radius 3 is 2.76 bits per heavy atom. The fraction of sp³-hybridized carbons (Fsp3) is 0.278. The number of aryl methyl sites for hydroxylation is 1. The van der Waals surface area contributed by atoms with E-state index in [4.69, 9.17) is 0 Å². The smallest absolute Gasteiger partial charge is 0.255 e. The van der Waals surface area contributed by atoms with Crippen molar-refractivity contribution in [1.29, 1.82) is 0 Å². The first-order chi connectivity index (χ1) is 12.1. The molecule has 5 nitrogen and oxygen atoms in total. The molecule has 0 atom stereocenters. The number of amides is 1. The number of thiophene rings is 1. The van der Waals surface area contributed by atoms with Crippen LogP contribution in [0.5, 0.6) is 0 Å². The molecule has 1 aliphatic heterocycles. The summed E-state index contributed by atoms with van der Waals surface area (Å²) in [5.74, 6) is 1.10. The Morgan fingerprint density at radius 1 is 1.16 bits per heavy atom. The Morgan fingerprint density at radius 2 is 1.96 bits per heavy atom. The maximum absolute atomic E-state index is 12.9. The van der Waals surface area contributed by atoms with Crippen molar-refractivity contribution in [2.75, 3.05) is 31.1 Å². The van der Waals surface area contributed by atoms with E-state index >= 15 is 0 Å². The number of rotatable bonds is 2. The molecule has 3 heterocycles. The average molecular weight is 464 g/mol. The molecule has 0 bridgehead atoms. The fourth-order valence-corrected chi connectivity index (χ4v) is 4.45. The van der Waals surface area contributed by atoms with E-state index in [-0.39, 0.29) is 5.91 Å². The van der Waals surface area contributed by atoms with Crippen molar-refractivity contribution >= 4 is 55.9 Å². The molecule has 0 unspecified atom stereocenters. The molecule has 0 aliphatic carbocycles. The van der Waals surface area contributed by atoms with E-state index in [9.17, 15) is 4.79 Å². The van der Waals surface area contributed by atoms with Gasteiger partial charge in [-0.05, 0) is 52.6 Å². The van der Waals surface area contributed by atoms with Crippen LogP contribution < -0.4 is 4.90 Å². The SMILES string of the molecule is Cc1cccc(C(=O)N2CCN(c3ncnc4sccc34)CC2)c1I. The summed E-state index contributed by atoms with van der Waals surface area (Å²) >= 11 is 3.89. The molecular formula is C18H17IN4OS. The van der Waals surface area contributed by atoms with Gasteiger partial charge in [0.05, 0.1) is 10.9 Å². The lowest BCUT2D eigenvalue weighted by atomic mass is 10.1. The number of halogens is 1. The molecule has 4 rings (SSSR count). The van der Waals surface area contributed by atoms with Crippen LogP contribution in [0.25, 0.3) is 10.2 Å². The average Bonchev–Trinajstić information content (AvgIpc) is 3.12. The van der Waals surface area contributed by atoms with Crippen LogP contribution in [0, 0.1) is 10.5 Å². The number of benzene rings is 1. The van der Waals surface area contributed by atoms with E-state index in [1.54, 1.807) is 17.7 Å². The molecule has 1 amide bonds. The second-order valence-corrected chi connectivity index (χ2v) is 8.03. The Labute approximate surface area is 163 Å². The molecule has 0 spiro atoms. The zero-order valence-corrected chi connectivity index (χ0v) is 16.7. The van der Waals surface area contributed by atoms with Crippen molar-refractivity contribution in [3.05, 3.63) is 50.7 Å². The standard InChI is InChI=1S/C18H17IN4OS/c1-12-3-2-4-13(15(12)19)18(24)23-8-6-22(7-9-23)16-14-5-10-25-17(14)21-11-20-16/h2-5,10-11H,6-9H2,1H3. The highest BCUT2D eigenvalue weighted by molar-refractivity contribution is 14.1. The van der Waals surface area contributed by atoms with E-state index < -0.39 is 0 Å². The van der Waals surface area contributed by atoms with Crippen LogP contribution in [0.2, 0.25) is 0 Å². The third-order valence-electron chi connectivity index (χ3n) is 4.53. The number of anilines is 1. The molecule has 0 saturated carbocycles. The number of nitrogens with zero attached hydrogens (tertiary/aromatic N) is 4. The van der Waals surface area contributed by atoms with Gasteiger partial charge in [-0.25, -0.2) is 9.97 Å². The van der Waals surface area contributed by atoms with E-state index in [1.807, 2.05) is 35.4 Å². The summed E-state index contributed by atoms with van der Waals surface area (Å²) in [5, 5.41) is 3.14. The highest BCUT2D eigenvalue weighted by atomic mass is 127. The normalized spacial score (nSPS) is 15.0. The predicted octanol–water partition coefficient (Wildman–Crippen LogP) is 3.57. The first kappa shape index (κ1) is 16.7. The molecule has 1 aliphatic rings. The van der Waals surface area contributed by atoms with Gasteiger partial charge in [0.2, 0.25) is 0 Å². The third kappa shape index (κ3) is 3.10. The maximum Gasteiger partial charge on any atom is 0.255 e. The fourth-order valence-electron chi connectivity index (χ4n) is 3.13. The maximum atomic E-state index is 12.9. The van der Waals surface area contributed by atoms with Gasteiger partial charge in [0.15, 0.2) is 0 Å². The summed E-state index contributed by atoms with van der Waals surface area (Å²) in [6.07, 6.45) is 1.63. The lowest BCUT2D eigenvalue weighted by Crippen LogP contribution is -2.49. The quantitative estimate of drug-likeness (QED) is 0.545. The molecule has 25 heavy (non-hydrogen) atoms. The Balaban J connectivity index is 1.51. The summed E-state index contributed by atoms with van der Waals surface area (Å²) in [6.45, 7) is 5.03. The van der Waals surface area contributed by atoms with Crippen LogP contribution in [0.4, 0.5) is 5.82 Å². The van der Waals surface area contributed by atoms with Gasteiger partial charge in [0, 0.05) is 29.7 Å². The van der Waals surface area contributed by atoms with Gasteiger partial charge in [-0.1, -0.05) is 12.1 Å².